The molecule has 2 aromatic heterocycles. The molecular weight excluding hydrogens is 789 g/mol. The summed E-state index contributed by atoms with van der Waals surface area (Å²) < 4.78 is 9.06. The van der Waals surface area contributed by atoms with Gasteiger partial charge in [-0.05, 0) is 81.4 Å². The SMILES string of the molecule is c1ccc(N(c2ccc(-c3ccc(-c4ccccc4-n4c5ccccc5c5ccccc54)cc3)cc2)c2cccc3ccc4ccccc4c23)c(-c2cccc3c2oc2ccccc23)c1. The molecule has 0 N–H and O–H groups in total. The zero-order chi connectivity index (χ0) is 42.8. The van der Waals surface area contributed by atoms with Crippen molar-refractivity contribution in [3.63, 3.8) is 0 Å². The lowest BCUT2D eigenvalue weighted by atomic mass is 9.96. The molecule has 3 heteroatoms. The van der Waals surface area contributed by atoms with Gasteiger partial charge in [0.15, 0.2) is 0 Å². The van der Waals surface area contributed by atoms with Crippen LogP contribution >= 0.6 is 0 Å². The molecule has 11 aromatic carbocycles. The lowest BCUT2D eigenvalue weighted by Gasteiger charge is -2.29. The van der Waals surface area contributed by atoms with Crippen LogP contribution in [-0.4, -0.2) is 4.57 Å². The molecule has 0 spiro atoms. The van der Waals surface area contributed by atoms with Crippen LogP contribution in [0.4, 0.5) is 17.1 Å². The van der Waals surface area contributed by atoms with E-state index < -0.39 is 0 Å². The molecule has 0 aliphatic rings. The molecule has 0 saturated carbocycles. The summed E-state index contributed by atoms with van der Waals surface area (Å²) in [6.07, 6.45) is 0. The van der Waals surface area contributed by atoms with Gasteiger partial charge in [-0.3, -0.25) is 0 Å². The van der Waals surface area contributed by atoms with Crippen molar-refractivity contribution in [3.8, 4) is 39.1 Å². The Hall–Kier alpha value is -8.66. The van der Waals surface area contributed by atoms with Gasteiger partial charge in [0.2, 0.25) is 0 Å². The first kappa shape index (κ1) is 36.9. The Morgan fingerprint density at radius 2 is 0.846 bits per heavy atom. The average molecular weight is 829 g/mol. The minimum Gasteiger partial charge on any atom is -0.455 e. The first-order valence-corrected chi connectivity index (χ1v) is 22.3. The normalized spacial score (nSPS) is 11.7. The maximum Gasteiger partial charge on any atom is 0.143 e. The van der Waals surface area contributed by atoms with E-state index in [-0.39, 0.29) is 0 Å². The summed E-state index contributed by atoms with van der Waals surface area (Å²) >= 11 is 0. The van der Waals surface area contributed by atoms with Crippen molar-refractivity contribution in [1.29, 1.82) is 0 Å². The van der Waals surface area contributed by atoms with Crippen LogP contribution in [-0.2, 0) is 0 Å². The number of anilines is 3. The highest BCUT2D eigenvalue weighted by Crippen LogP contribution is 2.47. The van der Waals surface area contributed by atoms with E-state index in [1.807, 2.05) is 6.07 Å². The van der Waals surface area contributed by atoms with Crippen LogP contribution in [0.3, 0.4) is 0 Å². The monoisotopic (exact) mass is 828 g/mol. The molecule has 0 aliphatic heterocycles. The third-order valence-electron chi connectivity index (χ3n) is 13.2. The topological polar surface area (TPSA) is 21.3 Å². The molecule has 0 unspecified atom stereocenters. The molecule has 0 atom stereocenters. The van der Waals surface area contributed by atoms with E-state index in [2.05, 4.69) is 246 Å². The lowest BCUT2D eigenvalue weighted by molar-refractivity contribution is 0.670. The third kappa shape index (κ3) is 5.97. The summed E-state index contributed by atoms with van der Waals surface area (Å²) in [6, 6.07) is 87.6. The summed E-state index contributed by atoms with van der Waals surface area (Å²) in [5.41, 5.74) is 15.4. The highest BCUT2D eigenvalue weighted by Gasteiger charge is 2.23. The smallest absolute Gasteiger partial charge is 0.143 e. The molecule has 3 nitrogen and oxygen atoms in total. The van der Waals surface area contributed by atoms with Crippen molar-refractivity contribution < 1.29 is 4.42 Å². The summed E-state index contributed by atoms with van der Waals surface area (Å²) in [5, 5.41) is 9.59. The predicted molar refractivity (Wildman–Crippen MR) is 274 cm³/mol. The van der Waals surface area contributed by atoms with E-state index >= 15 is 0 Å². The largest absolute Gasteiger partial charge is 0.455 e. The summed E-state index contributed by atoms with van der Waals surface area (Å²) in [4.78, 5) is 2.43. The van der Waals surface area contributed by atoms with Gasteiger partial charge >= 0.3 is 0 Å². The Morgan fingerprint density at radius 1 is 0.323 bits per heavy atom. The molecule has 0 amide bonds. The zero-order valence-corrected chi connectivity index (χ0v) is 35.4. The molecule has 0 fully saturated rings. The number of hydrogen-bond donors (Lipinski definition) is 0. The highest BCUT2D eigenvalue weighted by atomic mass is 16.3. The molecule has 13 rings (SSSR count). The number of nitrogens with zero attached hydrogens (tertiary/aromatic N) is 2. The average Bonchev–Trinajstić information content (AvgIpc) is 3.93. The number of rotatable bonds is 7. The fraction of sp³-hybridized carbons (Fsp3) is 0. The maximum absolute atomic E-state index is 6.65. The molecule has 0 saturated heterocycles. The van der Waals surface area contributed by atoms with Gasteiger partial charge in [0.25, 0.3) is 0 Å². The number of hydrogen-bond acceptors (Lipinski definition) is 2. The number of aromatic nitrogens is 1. The molecule has 0 radical (unpaired) electrons. The van der Waals surface area contributed by atoms with Crippen LogP contribution in [0, 0.1) is 0 Å². The van der Waals surface area contributed by atoms with Crippen molar-refractivity contribution in [2.45, 2.75) is 0 Å². The summed E-state index contributed by atoms with van der Waals surface area (Å²) in [7, 11) is 0. The predicted octanol–water partition coefficient (Wildman–Crippen LogP) is 17.5. The van der Waals surface area contributed by atoms with Gasteiger partial charge < -0.3 is 13.9 Å². The Kier molecular flexibility index (Phi) is 8.53. The van der Waals surface area contributed by atoms with Crippen molar-refractivity contribution in [1.82, 2.24) is 4.57 Å². The zero-order valence-electron chi connectivity index (χ0n) is 35.4. The van der Waals surface area contributed by atoms with E-state index in [4.69, 9.17) is 4.42 Å². The lowest BCUT2D eigenvalue weighted by Crippen LogP contribution is -2.12. The van der Waals surface area contributed by atoms with Crippen LogP contribution < -0.4 is 4.90 Å². The highest BCUT2D eigenvalue weighted by molar-refractivity contribution is 6.16. The van der Waals surface area contributed by atoms with Crippen molar-refractivity contribution in [3.05, 3.63) is 243 Å². The molecular formula is C62H40N2O. The second-order valence-corrected chi connectivity index (χ2v) is 16.8. The Labute approximate surface area is 376 Å². The standard InChI is InChI=1S/C62H40N2O/c1-2-18-48-43(15-1)35-36-45-16-13-29-59(61(45)48)63(56-26-9-6-21-51(56)53-23-14-24-54-52-22-7-12-30-60(52)65-62(53)54)46-39-37-42(38-40-46)41-31-33-44(34-32-41)47-17-3-8-25-55(47)64-57-27-10-4-19-49(57)50-20-5-11-28-58(50)64/h1-40H. The Bertz CT molecular complexity index is 3900. The molecule has 2 heterocycles. The van der Waals surface area contributed by atoms with Crippen molar-refractivity contribution in [2.75, 3.05) is 4.90 Å². The van der Waals surface area contributed by atoms with Crippen LogP contribution in [0.1, 0.15) is 0 Å². The molecule has 0 aliphatic carbocycles. The van der Waals surface area contributed by atoms with E-state index in [1.165, 1.54) is 60.2 Å². The number of fused-ring (bicyclic) bond motifs is 9. The van der Waals surface area contributed by atoms with E-state index in [0.29, 0.717) is 0 Å². The van der Waals surface area contributed by atoms with E-state index in [1.54, 1.807) is 0 Å². The summed E-state index contributed by atoms with van der Waals surface area (Å²) in [6.45, 7) is 0. The van der Waals surface area contributed by atoms with Gasteiger partial charge in [-0.25, -0.2) is 0 Å². The summed E-state index contributed by atoms with van der Waals surface area (Å²) in [5.74, 6) is 0. The number of furan rings is 1. The second kappa shape index (κ2) is 15.0. The minimum atomic E-state index is 0.890. The van der Waals surface area contributed by atoms with Crippen molar-refractivity contribution >= 4 is 82.4 Å². The van der Waals surface area contributed by atoms with Gasteiger partial charge in [0.05, 0.1) is 28.1 Å². The van der Waals surface area contributed by atoms with Gasteiger partial charge in [-0.1, -0.05) is 194 Å². The Balaban J connectivity index is 0.935. The quantitative estimate of drug-likeness (QED) is 0.149. The Morgan fingerprint density at radius 3 is 1.63 bits per heavy atom. The van der Waals surface area contributed by atoms with Crippen LogP contribution in [0.5, 0.6) is 0 Å². The minimum absolute atomic E-state index is 0.890. The van der Waals surface area contributed by atoms with Crippen LogP contribution in [0.2, 0.25) is 0 Å². The van der Waals surface area contributed by atoms with Gasteiger partial charge in [0, 0.05) is 49.3 Å². The maximum atomic E-state index is 6.65. The van der Waals surface area contributed by atoms with E-state index in [0.717, 1.165) is 61.3 Å². The van der Waals surface area contributed by atoms with Gasteiger partial charge in [-0.15, -0.1) is 0 Å². The fourth-order valence-corrected chi connectivity index (χ4v) is 10.2. The molecule has 65 heavy (non-hydrogen) atoms. The number of benzene rings is 11. The first-order chi connectivity index (χ1) is 32.3. The second-order valence-electron chi connectivity index (χ2n) is 16.8. The van der Waals surface area contributed by atoms with Crippen molar-refractivity contribution in [2.24, 2.45) is 0 Å². The van der Waals surface area contributed by atoms with Crippen LogP contribution in [0.15, 0.2) is 247 Å². The molecule has 0 bridgehead atoms. The van der Waals surface area contributed by atoms with E-state index in [9.17, 15) is 0 Å². The third-order valence-corrected chi connectivity index (χ3v) is 13.2. The molecule has 304 valence electrons. The number of para-hydroxylation sites is 6. The van der Waals surface area contributed by atoms with Crippen LogP contribution in [0.25, 0.3) is 104 Å². The van der Waals surface area contributed by atoms with Gasteiger partial charge in [0.1, 0.15) is 11.2 Å². The fourth-order valence-electron chi connectivity index (χ4n) is 10.2. The first-order valence-electron chi connectivity index (χ1n) is 22.3. The molecule has 13 aromatic rings. The van der Waals surface area contributed by atoms with Gasteiger partial charge in [-0.2, -0.15) is 0 Å².